The SMILES string of the molecule is CC(C)SC1=C(c2ccccc2)C(=O)N(Cc2ccccc2)C1=O. The number of thioether (sulfide) groups is 1. The molecule has 0 atom stereocenters. The highest BCUT2D eigenvalue weighted by atomic mass is 32.2. The van der Waals surface area contributed by atoms with Gasteiger partial charge in [-0.1, -0.05) is 74.5 Å². The summed E-state index contributed by atoms with van der Waals surface area (Å²) in [6, 6.07) is 19.0. The molecule has 2 aromatic rings. The van der Waals surface area contributed by atoms with Crippen LogP contribution in [0.15, 0.2) is 65.6 Å². The lowest BCUT2D eigenvalue weighted by Crippen LogP contribution is -2.31. The predicted octanol–water partition coefficient (Wildman–Crippen LogP) is 4.11. The molecule has 24 heavy (non-hydrogen) atoms. The van der Waals surface area contributed by atoms with Gasteiger partial charge in [0.1, 0.15) is 0 Å². The van der Waals surface area contributed by atoms with Crippen LogP contribution in [0, 0.1) is 0 Å². The molecular weight excluding hydrogens is 318 g/mol. The van der Waals surface area contributed by atoms with Gasteiger partial charge < -0.3 is 0 Å². The van der Waals surface area contributed by atoms with Gasteiger partial charge in [-0.3, -0.25) is 14.5 Å². The van der Waals surface area contributed by atoms with Crippen molar-refractivity contribution in [2.24, 2.45) is 0 Å². The van der Waals surface area contributed by atoms with Crippen LogP contribution in [-0.2, 0) is 16.1 Å². The molecule has 2 amide bonds. The first-order valence-corrected chi connectivity index (χ1v) is 8.82. The largest absolute Gasteiger partial charge is 0.269 e. The Bertz CT molecular complexity index is 782. The molecule has 1 heterocycles. The molecule has 3 rings (SSSR count). The van der Waals surface area contributed by atoms with E-state index in [0.717, 1.165) is 11.1 Å². The fourth-order valence-corrected chi connectivity index (χ4v) is 3.67. The van der Waals surface area contributed by atoms with E-state index in [4.69, 9.17) is 0 Å². The molecule has 1 aliphatic rings. The molecule has 0 N–H and O–H groups in total. The second-order valence-corrected chi connectivity index (χ2v) is 7.51. The highest BCUT2D eigenvalue weighted by molar-refractivity contribution is 8.04. The van der Waals surface area contributed by atoms with E-state index in [-0.39, 0.29) is 17.1 Å². The van der Waals surface area contributed by atoms with Crippen LogP contribution in [0.3, 0.4) is 0 Å². The van der Waals surface area contributed by atoms with Gasteiger partial charge in [0.25, 0.3) is 11.8 Å². The number of amides is 2. The second-order valence-electron chi connectivity index (χ2n) is 5.92. The topological polar surface area (TPSA) is 37.4 Å². The molecule has 4 heteroatoms. The van der Waals surface area contributed by atoms with Gasteiger partial charge in [-0.25, -0.2) is 0 Å². The molecule has 0 radical (unpaired) electrons. The Morgan fingerprint density at radius 3 is 2.04 bits per heavy atom. The normalized spacial score (nSPS) is 14.9. The highest BCUT2D eigenvalue weighted by Gasteiger charge is 2.39. The van der Waals surface area contributed by atoms with Gasteiger partial charge in [-0.2, -0.15) is 0 Å². The Morgan fingerprint density at radius 2 is 1.46 bits per heavy atom. The van der Waals surface area contributed by atoms with E-state index in [2.05, 4.69) is 0 Å². The summed E-state index contributed by atoms with van der Waals surface area (Å²) in [6.45, 7) is 4.35. The van der Waals surface area contributed by atoms with Crippen molar-refractivity contribution in [2.45, 2.75) is 25.6 Å². The number of hydrogen-bond donors (Lipinski definition) is 0. The lowest BCUT2D eigenvalue weighted by molar-refractivity contribution is -0.137. The molecule has 0 aliphatic carbocycles. The molecule has 0 unspecified atom stereocenters. The van der Waals surface area contributed by atoms with E-state index in [1.165, 1.54) is 16.7 Å². The third-order valence-electron chi connectivity index (χ3n) is 3.73. The maximum atomic E-state index is 12.9. The van der Waals surface area contributed by atoms with Crippen LogP contribution in [0.1, 0.15) is 25.0 Å². The van der Waals surface area contributed by atoms with Crippen molar-refractivity contribution in [3.05, 3.63) is 76.7 Å². The lowest BCUT2D eigenvalue weighted by Gasteiger charge is -2.15. The molecule has 1 aliphatic heterocycles. The smallest absolute Gasteiger partial charge is 0.268 e. The van der Waals surface area contributed by atoms with Gasteiger partial charge in [0.2, 0.25) is 0 Å². The minimum absolute atomic E-state index is 0.193. The molecule has 2 aromatic carbocycles. The standard InChI is InChI=1S/C20H19NO2S/c1-14(2)24-18-17(16-11-7-4-8-12-16)19(22)21(20(18)23)13-15-9-5-3-6-10-15/h3-12,14H,13H2,1-2H3. The first-order chi connectivity index (χ1) is 11.6. The number of carbonyl (C=O) groups excluding carboxylic acids is 2. The van der Waals surface area contributed by atoms with Gasteiger partial charge >= 0.3 is 0 Å². The monoisotopic (exact) mass is 337 g/mol. The van der Waals surface area contributed by atoms with Gasteiger partial charge in [0.15, 0.2) is 0 Å². The van der Waals surface area contributed by atoms with E-state index < -0.39 is 0 Å². The van der Waals surface area contributed by atoms with E-state index in [0.29, 0.717) is 17.0 Å². The molecule has 0 saturated heterocycles. The van der Waals surface area contributed by atoms with E-state index in [1.807, 2.05) is 74.5 Å². The Balaban J connectivity index is 1.98. The number of benzene rings is 2. The quantitative estimate of drug-likeness (QED) is 0.771. The zero-order valence-corrected chi connectivity index (χ0v) is 14.5. The minimum atomic E-state index is -0.210. The van der Waals surface area contributed by atoms with E-state index in [9.17, 15) is 9.59 Å². The average Bonchev–Trinajstić information content (AvgIpc) is 2.81. The number of rotatable bonds is 5. The molecule has 122 valence electrons. The Hall–Kier alpha value is -2.33. The fourth-order valence-electron chi connectivity index (χ4n) is 2.67. The summed E-state index contributed by atoms with van der Waals surface area (Å²) >= 11 is 1.46. The molecule has 3 nitrogen and oxygen atoms in total. The molecule has 0 fully saturated rings. The van der Waals surface area contributed by atoms with Crippen molar-refractivity contribution in [2.75, 3.05) is 0 Å². The summed E-state index contributed by atoms with van der Waals surface area (Å²) in [4.78, 5) is 27.7. The van der Waals surface area contributed by atoms with Crippen LogP contribution in [0.2, 0.25) is 0 Å². The van der Waals surface area contributed by atoms with E-state index >= 15 is 0 Å². The van der Waals surface area contributed by atoms with Crippen molar-refractivity contribution >= 4 is 29.1 Å². The minimum Gasteiger partial charge on any atom is -0.269 e. The zero-order valence-electron chi connectivity index (χ0n) is 13.7. The summed E-state index contributed by atoms with van der Waals surface area (Å²) in [5, 5.41) is 0.229. The van der Waals surface area contributed by atoms with E-state index in [1.54, 1.807) is 0 Å². The van der Waals surface area contributed by atoms with Crippen LogP contribution < -0.4 is 0 Å². The third kappa shape index (κ3) is 3.29. The maximum absolute atomic E-state index is 12.9. The Kier molecular flexibility index (Phi) is 4.86. The number of carbonyl (C=O) groups is 2. The van der Waals surface area contributed by atoms with Crippen molar-refractivity contribution in [1.29, 1.82) is 0 Å². The first-order valence-electron chi connectivity index (χ1n) is 7.94. The highest BCUT2D eigenvalue weighted by Crippen LogP contribution is 2.38. The van der Waals surface area contributed by atoms with Crippen LogP contribution in [0.25, 0.3) is 5.57 Å². The zero-order chi connectivity index (χ0) is 17.1. The van der Waals surface area contributed by atoms with Gasteiger partial charge in [0, 0.05) is 5.25 Å². The predicted molar refractivity (Wildman–Crippen MR) is 98.1 cm³/mol. The lowest BCUT2D eigenvalue weighted by atomic mass is 10.1. The number of imide groups is 1. The van der Waals surface area contributed by atoms with Crippen molar-refractivity contribution < 1.29 is 9.59 Å². The average molecular weight is 337 g/mol. The van der Waals surface area contributed by atoms with Crippen molar-refractivity contribution in [3.63, 3.8) is 0 Å². The number of nitrogens with zero attached hydrogens (tertiary/aromatic N) is 1. The maximum Gasteiger partial charge on any atom is 0.268 e. The summed E-state index contributed by atoms with van der Waals surface area (Å²) in [6.07, 6.45) is 0. The molecule has 0 bridgehead atoms. The third-order valence-corrected chi connectivity index (χ3v) is 4.81. The van der Waals surface area contributed by atoms with Crippen LogP contribution in [-0.4, -0.2) is 22.0 Å². The van der Waals surface area contributed by atoms with Crippen LogP contribution >= 0.6 is 11.8 Å². The van der Waals surface area contributed by atoms with Gasteiger partial charge in [-0.05, 0) is 11.1 Å². The van der Waals surface area contributed by atoms with Crippen LogP contribution in [0.4, 0.5) is 0 Å². The summed E-state index contributed by atoms with van der Waals surface area (Å²) in [7, 11) is 0. The molecule has 0 aromatic heterocycles. The second kappa shape index (κ2) is 7.05. The van der Waals surface area contributed by atoms with Crippen molar-refractivity contribution in [1.82, 2.24) is 4.90 Å². The van der Waals surface area contributed by atoms with Gasteiger partial charge in [-0.15, -0.1) is 11.8 Å². The molecule has 0 saturated carbocycles. The molecular formula is C20H19NO2S. The Morgan fingerprint density at radius 1 is 0.875 bits per heavy atom. The first kappa shape index (κ1) is 16.5. The summed E-state index contributed by atoms with van der Waals surface area (Å²) in [5.41, 5.74) is 2.27. The molecule has 0 spiro atoms. The fraction of sp³-hybridized carbons (Fsp3) is 0.200. The van der Waals surface area contributed by atoms with Crippen LogP contribution in [0.5, 0.6) is 0 Å². The number of hydrogen-bond acceptors (Lipinski definition) is 3. The summed E-state index contributed by atoms with van der Waals surface area (Å²) < 4.78 is 0. The Labute approximate surface area is 146 Å². The summed E-state index contributed by atoms with van der Waals surface area (Å²) in [5.74, 6) is -0.403. The van der Waals surface area contributed by atoms with Gasteiger partial charge in [0.05, 0.1) is 17.0 Å². The van der Waals surface area contributed by atoms with Crippen molar-refractivity contribution in [3.8, 4) is 0 Å².